The minimum Gasteiger partial charge on any atom is -0.443 e. The van der Waals surface area contributed by atoms with Gasteiger partial charge in [0.1, 0.15) is 17.8 Å². The Morgan fingerprint density at radius 1 is 1.15 bits per heavy atom. The van der Waals surface area contributed by atoms with Gasteiger partial charge >= 0.3 is 0 Å². The maximum absolute atomic E-state index is 13.4. The number of oxazole rings is 1. The summed E-state index contributed by atoms with van der Waals surface area (Å²) in [7, 11) is 0. The molecule has 2 N–H and O–H groups in total. The molecule has 4 heterocycles. The van der Waals surface area contributed by atoms with E-state index < -0.39 is 0 Å². The van der Waals surface area contributed by atoms with E-state index in [1.807, 2.05) is 0 Å². The van der Waals surface area contributed by atoms with Gasteiger partial charge in [-0.05, 0) is 61.8 Å². The fourth-order valence-corrected chi connectivity index (χ4v) is 6.14. The molecule has 9 heteroatoms. The number of hydrogen-bond acceptors (Lipinski definition) is 7. The summed E-state index contributed by atoms with van der Waals surface area (Å²) in [6, 6.07) is 5.32. The lowest BCUT2D eigenvalue weighted by atomic mass is 9.86. The van der Waals surface area contributed by atoms with E-state index >= 15 is 0 Å². The number of hydrogen-bond donors (Lipinski definition) is 2. The Hall–Kier alpha value is -2.91. The summed E-state index contributed by atoms with van der Waals surface area (Å²) in [5.41, 5.74) is 6.51. The van der Waals surface area contributed by atoms with Crippen molar-refractivity contribution in [2.75, 3.05) is 38.0 Å². The average molecular weight is 465 g/mol. The maximum Gasteiger partial charge on any atom is 0.284 e. The normalized spacial score (nSPS) is 25.0. The highest BCUT2D eigenvalue weighted by atomic mass is 16.3. The van der Waals surface area contributed by atoms with Gasteiger partial charge in [0.2, 0.25) is 5.91 Å². The number of aromatic nitrogens is 1. The lowest BCUT2D eigenvalue weighted by molar-refractivity contribution is -0.138. The summed E-state index contributed by atoms with van der Waals surface area (Å²) in [4.78, 5) is 35.1. The molecule has 1 unspecified atom stereocenters. The Morgan fingerprint density at radius 3 is 2.79 bits per heavy atom. The predicted molar refractivity (Wildman–Crippen MR) is 127 cm³/mol. The second kappa shape index (κ2) is 8.70. The van der Waals surface area contributed by atoms with Crippen LogP contribution in [-0.2, 0) is 9.59 Å². The van der Waals surface area contributed by atoms with Gasteiger partial charge in [-0.2, -0.15) is 0 Å². The third-order valence-electron chi connectivity index (χ3n) is 7.96. The number of nitrogens with zero attached hydrogens (tertiary/aromatic N) is 4. The van der Waals surface area contributed by atoms with Crippen molar-refractivity contribution >= 4 is 28.6 Å². The van der Waals surface area contributed by atoms with E-state index in [1.165, 1.54) is 43.5 Å². The third kappa shape index (κ3) is 4.07. The average Bonchev–Trinajstić information content (AvgIpc) is 3.64. The van der Waals surface area contributed by atoms with E-state index in [0.29, 0.717) is 22.2 Å². The van der Waals surface area contributed by atoms with E-state index in [2.05, 4.69) is 31.6 Å². The first-order valence-electron chi connectivity index (χ1n) is 12.5. The van der Waals surface area contributed by atoms with Crippen LogP contribution in [0, 0.1) is 5.41 Å². The van der Waals surface area contributed by atoms with Crippen LogP contribution in [0.2, 0.25) is 0 Å². The first-order valence-corrected chi connectivity index (χ1v) is 12.5. The van der Waals surface area contributed by atoms with Gasteiger partial charge in [0, 0.05) is 31.9 Å². The van der Waals surface area contributed by atoms with Gasteiger partial charge in [0.25, 0.3) is 5.91 Å². The molecule has 2 aromatic rings. The highest BCUT2D eigenvalue weighted by molar-refractivity contribution is 5.99. The highest BCUT2D eigenvalue weighted by Crippen LogP contribution is 2.45. The highest BCUT2D eigenvalue weighted by Gasteiger charge is 2.44. The van der Waals surface area contributed by atoms with Crippen LogP contribution in [0.5, 0.6) is 0 Å². The number of hydrazine groups is 1. The largest absolute Gasteiger partial charge is 0.443 e. The molecule has 1 atom stereocenters. The topological polar surface area (TPSA) is 94.0 Å². The van der Waals surface area contributed by atoms with Crippen molar-refractivity contribution in [2.45, 2.75) is 51.1 Å². The number of carbonyl (C=O) groups is 2. The fourth-order valence-electron chi connectivity index (χ4n) is 6.14. The standard InChI is InChI=1S/C25H32N6O3/c32-23(27-18-5-6-21-19(13-18)26-17-34-21)15-31-24(33)20(29-10-3-4-11-29)14-22(28-31)30-12-9-25(16-30)7-1-2-8-25/h5-6,13-14,17,22,28H,1-4,7-12,15-16H2,(H,27,32). The summed E-state index contributed by atoms with van der Waals surface area (Å²) in [5, 5.41) is 4.40. The van der Waals surface area contributed by atoms with Crippen molar-refractivity contribution in [3.05, 3.63) is 36.4 Å². The van der Waals surface area contributed by atoms with E-state index in [0.717, 1.165) is 44.7 Å². The summed E-state index contributed by atoms with van der Waals surface area (Å²) in [6.07, 6.45) is 12.1. The molecule has 0 radical (unpaired) electrons. The molecule has 1 spiro atoms. The number of anilines is 1. The van der Waals surface area contributed by atoms with Gasteiger partial charge in [-0.15, -0.1) is 0 Å². The van der Waals surface area contributed by atoms with Crippen LogP contribution in [-0.4, -0.2) is 70.5 Å². The van der Waals surface area contributed by atoms with Gasteiger partial charge in [-0.3, -0.25) is 19.5 Å². The first kappa shape index (κ1) is 21.6. The number of fused-ring (bicyclic) bond motifs is 1. The van der Waals surface area contributed by atoms with E-state index in [4.69, 9.17) is 4.42 Å². The van der Waals surface area contributed by atoms with Crippen LogP contribution in [0.4, 0.5) is 5.69 Å². The molecule has 4 aliphatic rings. The molecule has 180 valence electrons. The molecule has 2 saturated heterocycles. The molecular formula is C25H32N6O3. The summed E-state index contributed by atoms with van der Waals surface area (Å²) in [5.74, 6) is -0.381. The molecule has 2 amide bonds. The van der Waals surface area contributed by atoms with Crippen LogP contribution >= 0.6 is 0 Å². The van der Waals surface area contributed by atoms with Crippen molar-refractivity contribution in [1.82, 2.24) is 25.2 Å². The molecule has 3 aliphatic heterocycles. The van der Waals surface area contributed by atoms with Crippen LogP contribution < -0.4 is 10.7 Å². The second-order valence-corrected chi connectivity index (χ2v) is 10.2. The number of likely N-dealkylation sites (tertiary alicyclic amines) is 2. The summed E-state index contributed by atoms with van der Waals surface area (Å²) >= 11 is 0. The van der Waals surface area contributed by atoms with Gasteiger partial charge in [0.15, 0.2) is 12.0 Å². The lowest BCUT2D eigenvalue weighted by Gasteiger charge is -2.39. The zero-order valence-electron chi connectivity index (χ0n) is 19.5. The van der Waals surface area contributed by atoms with Gasteiger partial charge in [-0.25, -0.2) is 10.4 Å². The predicted octanol–water partition coefficient (Wildman–Crippen LogP) is 2.68. The Morgan fingerprint density at radius 2 is 1.97 bits per heavy atom. The molecular weight excluding hydrogens is 432 g/mol. The monoisotopic (exact) mass is 464 g/mol. The molecule has 1 saturated carbocycles. The Labute approximate surface area is 199 Å². The number of amides is 2. The smallest absolute Gasteiger partial charge is 0.284 e. The van der Waals surface area contributed by atoms with E-state index in [1.54, 1.807) is 18.2 Å². The molecule has 9 nitrogen and oxygen atoms in total. The van der Waals surface area contributed by atoms with Crippen molar-refractivity contribution in [3.63, 3.8) is 0 Å². The quantitative estimate of drug-likeness (QED) is 0.703. The number of benzene rings is 1. The maximum atomic E-state index is 13.4. The van der Waals surface area contributed by atoms with Crippen LogP contribution in [0.25, 0.3) is 11.1 Å². The number of rotatable bonds is 5. The number of nitrogens with one attached hydrogen (secondary N) is 2. The van der Waals surface area contributed by atoms with Crippen LogP contribution in [0.15, 0.2) is 40.8 Å². The van der Waals surface area contributed by atoms with E-state index in [-0.39, 0.29) is 24.5 Å². The SMILES string of the molecule is O=C(CN1NC(N2CCC3(CCCC3)C2)C=C(N2CCCC2)C1=O)Nc1ccc2ocnc2c1. The molecule has 1 aromatic heterocycles. The third-order valence-corrected chi connectivity index (χ3v) is 7.96. The zero-order chi connectivity index (χ0) is 23.1. The lowest BCUT2D eigenvalue weighted by Crippen LogP contribution is -2.60. The molecule has 1 aromatic carbocycles. The minimum atomic E-state index is -0.251. The molecule has 6 rings (SSSR count). The second-order valence-electron chi connectivity index (χ2n) is 10.2. The molecule has 3 fully saturated rings. The minimum absolute atomic E-state index is 0.0592. The fraction of sp³-hybridized carbons (Fsp3) is 0.560. The molecule has 0 bridgehead atoms. The Bertz CT molecular complexity index is 1110. The van der Waals surface area contributed by atoms with Gasteiger partial charge < -0.3 is 14.6 Å². The summed E-state index contributed by atoms with van der Waals surface area (Å²) < 4.78 is 5.27. The van der Waals surface area contributed by atoms with Crippen LogP contribution in [0.1, 0.15) is 44.9 Å². The van der Waals surface area contributed by atoms with Gasteiger partial charge in [-0.1, -0.05) is 12.8 Å². The zero-order valence-corrected chi connectivity index (χ0v) is 19.5. The molecule has 1 aliphatic carbocycles. The number of carbonyl (C=O) groups excluding carboxylic acids is 2. The van der Waals surface area contributed by atoms with Crippen molar-refractivity contribution in [1.29, 1.82) is 0 Å². The van der Waals surface area contributed by atoms with Crippen LogP contribution in [0.3, 0.4) is 0 Å². The van der Waals surface area contributed by atoms with Crippen molar-refractivity contribution < 1.29 is 14.0 Å². The first-order chi connectivity index (χ1) is 16.6. The van der Waals surface area contributed by atoms with Crippen molar-refractivity contribution in [2.24, 2.45) is 5.41 Å². The van der Waals surface area contributed by atoms with E-state index in [9.17, 15) is 9.59 Å². The Balaban J connectivity index is 1.18. The van der Waals surface area contributed by atoms with Crippen molar-refractivity contribution in [3.8, 4) is 0 Å². The molecule has 34 heavy (non-hydrogen) atoms. The van der Waals surface area contributed by atoms with Gasteiger partial charge in [0.05, 0.1) is 6.17 Å². The Kier molecular flexibility index (Phi) is 5.53. The summed E-state index contributed by atoms with van der Waals surface area (Å²) in [6.45, 7) is 3.81.